The maximum atomic E-state index is 12.6. The first-order valence-corrected chi connectivity index (χ1v) is 9.48. The summed E-state index contributed by atoms with van der Waals surface area (Å²) < 4.78 is 5.66. The largest absolute Gasteiger partial charge is 0.494 e. The summed E-state index contributed by atoms with van der Waals surface area (Å²) in [6.07, 6.45) is 2.39. The minimum Gasteiger partial charge on any atom is -0.494 e. The lowest BCUT2D eigenvalue weighted by Crippen LogP contribution is -2.28. The van der Waals surface area contributed by atoms with E-state index in [2.05, 4.69) is 17.6 Å². The second-order valence-electron chi connectivity index (χ2n) is 6.53. The Morgan fingerprint density at radius 2 is 1.93 bits per heavy atom. The fourth-order valence-corrected chi connectivity index (χ4v) is 2.79. The van der Waals surface area contributed by atoms with E-state index in [1.807, 2.05) is 69.3 Å². The van der Waals surface area contributed by atoms with E-state index in [1.54, 1.807) is 0 Å². The van der Waals surface area contributed by atoms with Gasteiger partial charge in [-0.25, -0.2) is 0 Å². The highest BCUT2D eigenvalue weighted by Crippen LogP contribution is 2.26. The topological polar surface area (TPSA) is 74.1 Å². The van der Waals surface area contributed by atoms with Gasteiger partial charge in [0.05, 0.1) is 12.6 Å². The van der Waals surface area contributed by atoms with Gasteiger partial charge in [0, 0.05) is 17.5 Å². The third-order valence-electron chi connectivity index (χ3n) is 4.39. The zero-order valence-electron chi connectivity index (χ0n) is 16.9. The Balaban J connectivity index is 2.10. The maximum Gasteiger partial charge on any atom is 0.263 e. The van der Waals surface area contributed by atoms with E-state index in [1.165, 1.54) is 11.8 Å². The van der Waals surface area contributed by atoms with Crippen LogP contribution < -0.4 is 15.4 Å². The van der Waals surface area contributed by atoms with Crippen LogP contribution in [0.25, 0.3) is 0 Å². The van der Waals surface area contributed by atoms with Gasteiger partial charge >= 0.3 is 0 Å². The molecule has 5 nitrogen and oxygen atoms in total. The molecule has 0 bridgehead atoms. The lowest BCUT2D eigenvalue weighted by Gasteiger charge is -2.18. The van der Waals surface area contributed by atoms with E-state index in [0.717, 1.165) is 29.0 Å². The molecule has 0 aliphatic heterocycles. The van der Waals surface area contributed by atoms with Crippen molar-refractivity contribution < 1.29 is 9.53 Å². The van der Waals surface area contributed by atoms with E-state index < -0.39 is 5.91 Å². The van der Waals surface area contributed by atoms with E-state index in [9.17, 15) is 10.1 Å². The fraction of sp³-hybridized carbons (Fsp3) is 0.304. The molecule has 1 atom stereocenters. The average molecular weight is 377 g/mol. The Morgan fingerprint density at radius 1 is 1.21 bits per heavy atom. The maximum absolute atomic E-state index is 12.6. The SMILES string of the molecule is CCOc1ccc(C)cc1C(C)NC(=O)/C(C#N)=C\Nc1ccc(CC)cc1. The van der Waals surface area contributed by atoms with Crippen molar-refractivity contribution in [2.45, 2.75) is 40.2 Å². The number of carbonyl (C=O) groups excluding carboxylic acids is 1. The number of anilines is 1. The molecule has 0 aromatic heterocycles. The molecule has 0 radical (unpaired) electrons. The van der Waals surface area contributed by atoms with Crippen LogP contribution in [0, 0.1) is 18.3 Å². The first kappa shape index (κ1) is 21.0. The van der Waals surface area contributed by atoms with E-state index in [4.69, 9.17) is 4.74 Å². The Bertz CT molecular complexity index is 880. The van der Waals surface area contributed by atoms with Crippen LogP contribution in [-0.2, 0) is 11.2 Å². The average Bonchev–Trinajstić information content (AvgIpc) is 2.70. The Labute approximate surface area is 167 Å². The zero-order valence-corrected chi connectivity index (χ0v) is 16.9. The van der Waals surface area contributed by atoms with Crippen molar-refractivity contribution in [1.82, 2.24) is 5.32 Å². The van der Waals surface area contributed by atoms with Crippen LogP contribution in [0.1, 0.15) is 43.5 Å². The van der Waals surface area contributed by atoms with Crippen molar-refractivity contribution >= 4 is 11.6 Å². The normalized spacial score (nSPS) is 12.0. The molecule has 5 heteroatoms. The minimum atomic E-state index is -0.434. The second kappa shape index (κ2) is 10.2. The highest BCUT2D eigenvalue weighted by Gasteiger charge is 2.17. The molecule has 146 valence electrons. The number of rotatable bonds is 8. The lowest BCUT2D eigenvalue weighted by molar-refractivity contribution is -0.117. The molecule has 2 rings (SSSR count). The molecule has 1 unspecified atom stereocenters. The summed E-state index contributed by atoms with van der Waals surface area (Å²) in [5.41, 5.74) is 4.02. The van der Waals surface area contributed by atoms with Crippen LogP contribution >= 0.6 is 0 Å². The standard InChI is InChI=1S/C23H27N3O2/c1-5-18-8-10-20(11-9-18)25-15-19(14-24)23(27)26-17(4)21-13-16(3)7-12-22(21)28-6-2/h7-13,15,17,25H,5-6H2,1-4H3,(H,26,27)/b19-15-. The summed E-state index contributed by atoms with van der Waals surface area (Å²) in [7, 11) is 0. The quantitative estimate of drug-likeness (QED) is 0.519. The van der Waals surface area contributed by atoms with Gasteiger partial charge in [0.25, 0.3) is 5.91 Å². The molecule has 0 fully saturated rings. The monoisotopic (exact) mass is 377 g/mol. The number of nitrogens with one attached hydrogen (secondary N) is 2. The molecule has 0 saturated heterocycles. The van der Waals surface area contributed by atoms with Gasteiger partial charge in [-0.1, -0.05) is 36.8 Å². The highest BCUT2D eigenvalue weighted by atomic mass is 16.5. The Kier molecular flexibility index (Phi) is 7.65. The molecule has 2 N–H and O–H groups in total. The number of hydrogen-bond acceptors (Lipinski definition) is 4. The number of benzene rings is 2. The first-order valence-electron chi connectivity index (χ1n) is 9.48. The van der Waals surface area contributed by atoms with E-state index in [-0.39, 0.29) is 11.6 Å². The van der Waals surface area contributed by atoms with Crippen molar-refractivity contribution in [3.63, 3.8) is 0 Å². The van der Waals surface area contributed by atoms with Gasteiger partial charge in [-0.05, 0) is 51.0 Å². The minimum absolute atomic E-state index is 0.0111. The smallest absolute Gasteiger partial charge is 0.263 e. The third kappa shape index (κ3) is 5.62. The number of hydrogen-bond donors (Lipinski definition) is 2. The van der Waals surface area contributed by atoms with Crippen molar-refractivity contribution in [2.24, 2.45) is 0 Å². The van der Waals surface area contributed by atoms with Crippen LogP contribution in [0.4, 0.5) is 5.69 Å². The van der Waals surface area contributed by atoms with Gasteiger partial charge in [-0.15, -0.1) is 0 Å². The van der Waals surface area contributed by atoms with E-state index >= 15 is 0 Å². The number of ether oxygens (including phenoxy) is 1. The number of aryl methyl sites for hydroxylation is 2. The van der Waals surface area contributed by atoms with Gasteiger partial charge in [-0.2, -0.15) is 5.26 Å². The van der Waals surface area contributed by atoms with E-state index in [0.29, 0.717) is 6.61 Å². The van der Waals surface area contributed by atoms with Crippen molar-refractivity contribution in [2.75, 3.05) is 11.9 Å². The molecular weight excluding hydrogens is 350 g/mol. The number of nitrogens with zero attached hydrogens (tertiary/aromatic N) is 1. The summed E-state index contributed by atoms with van der Waals surface area (Å²) in [6, 6.07) is 15.4. The van der Waals surface area contributed by atoms with Crippen LogP contribution in [0.3, 0.4) is 0 Å². The Morgan fingerprint density at radius 3 is 2.54 bits per heavy atom. The molecule has 0 spiro atoms. The van der Waals surface area contributed by atoms with Crippen molar-refractivity contribution in [3.8, 4) is 11.8 Å². The van der Waals surface area contributed by atoms with Gasteiger partial charge in [0.2, 0.25) is 0 Å². The molecule has 2 aromatic rings. The third-order valence-corrected chi connectivity index (χ3v) is 4.39. The number of amides is 1. The van der Waals surface area contributed by atoms with Crippen molar-refractivity contribution in [1.29, 1.82) is 5.26 Å². The van der Waals surface area contributed by atoms with Gasteiger partial charge < -0.3 is 15.4 Å². The molecule has 0 saturated carbocycles. The summed E-state index contributed by atoms with van der Waals surface area (Å²) in [5.74, 6) is 0.300. The predicted octanol–water partition coefficient (Wildman–Crippen LogP) is 4.65. The van der Waals surface area contributed by atoms with Crippen LogP contribution in [0.2, 0.25) is 0 Å². The van der Waals surface area contributed by atoms with Crippen LogP contribution in [-0.4, -0.2) is 12.5 Å². The molecule has 28 heavy (non-hydrogen) atoms. The first-order chi connectivity index (χ1) is 13.5. The molecule has 0 heterocycles. The van der Waals surface area contributed by atoms with Crippen LogP contribution in [0.15, 0.2) is 54.2 Å². The molecule has 0 aliphatic carbocycles. The highest BCUT2D eigenvalue weighted by molar-refractivity contribution is 5.97. The van der Waals surface area contributed by atoms with Gasteiger partial charge in [-0.3, -0.25) is 4.79 Å². The number of nitriles is 1. The van der Waals surface area contributed by atoms with Crippen molar-refractivity contribution in [3.05, 3.63) is 70.9 Å². The molecule has 2 aromatic carbocycles. The number of carbonyl (C=O) groups is 1. The summed E-state index contributed by atoms with van der Waals surface area (Å²) in [6.45, 7) is 8.42. The molecular formula is C23H27N3O2. The summed E-state index contributed by atoms with van der Waals surface area (Å²) in [4.78, 5) is 12.6. The fourth-order valence-electron chi connectivity index (χ4n) is 2.79. The second-order valence-corrected chi connectivity index (χ2v) is 6.53. The predicted molar refractivity (Wildman–Crippen MR) is 112 cm³/mol. The summed E-state index contributed by atoms with van der Waals surface area (Å²) >= 11 is 0. The van der Waals surface area contributed by atoms with Gasteiger partial charge in [0.1, 0.15) is 17.4 Å². The zero-order chi connectivity index (χ0) is 20.5. The molecule has 0 aliphatic rings. The summed E-state index contributed by atoms with van der Waals surface area (Å²) in [5, 5.41) is 15.3. The Hall–Kier alpha value is -3.26. The lowest BCUT2D eigenvalue weighted by atomic mass is 10.0. The van der Waals surface area contributed by atoms with Gasteiger partial charge in [0.15, 0.2) is 0 Å². The molecule has 1 amide bonds. The van der Waals surface area contributed by atoms with Crippen LogP contribution in [0.5, 0.6) is 5.75 Å².